The van der Waals surface area contributed by atoms with Gasteiger partial charge in [-0.1, -0.05) is 171 Å². The van der Waals surface area contributed by atoms with Crippen LogP contribution in [0.15, 0.2) is 158 Å². The molecule has 0 spiro atoms. The van der Waals surface area contributed by atoms with E-state index in [1.54, 1.807) is 0 Å². The van der Waals surface area contributed by atoms with Crippen LogP contribution in [0.25, 0.3) is 0 Å². The third kappa shape index (κ3) is 8.90. The van der Waals surface area contributed by atoms with E-state index in [2.05, 4.69) is 133 Å². The Morgan fingerprint density at radius 3 is 1.57 bits per heavy atom. The van der Waals surface area contributed by atoms with Gasteiger partial charge >= 0.3 is 0 Å². The van der Waals surface area contributed by atoms with Gasteiger partial charge in [0.25, 0.3) is 0 Å². The smallest absolute Gasteiger partial charge is 0.127 e. The summed E-state index contributed by atoms with van der Waals surface area (Å²) in [6.07, 6.45) is 13.1. The first-order valence-electron chi connectivity index (χ1n) is 17.0. The number of aromatic nitrogens is 2. The lowest BCUT2D eigenvalue weighted by molar-refractivity contribution is 0.594. The van der Waals surface area contributed by atoms with Gasteiger partial charge in [-0.25, -0.2) is 4.98 Å². The molecule has 4 radical (unpaired) electrons. The number of benzene rings is 5. The predicted octanol–water partition coefficient (Wildman–Crippen LogP) is 9.29. The minimum absolute atomic E-state index is 0.0163. The molecule has 0 aliphatic carbocycles. The topological polar surface area (TPSA) is 17.8 Å². The van der Waals surface area contributed by atoms with E-state index in [4.69, 9.17) is 7.85 Å². The fraction of sp³-hybridized carbons (Fsp3) is 0.233. The predicted molar refractivity (Wildman–Crippen MR) is 201 cm³/mol. The molecule has 0 aliphatic rings. The van der Waals surface area contributed by atoms with Crippen LogP contribution in [-0.2, 0) is 18.0 Å². The van der Waals surface area contributed by atoms with Gasteiger partial charge in [0.1, 0.15) is 9.52 Å². The van der Waals surface area contributed by atoms with Crippen LogP contribution < -0.4 is 5.19 Å². The number of nitrogens with zero attached hydrogens (tertiary/aromatic N) is 2. The summed E-state index contributed by atoms with van der Waals surface area (Å²) >= 11 is 0. The molecule has 0 N–H and O–H groups in total. The highest BCUT2D eigenvalue weighted by Gasteiger charge is 2.37. The van der Waals surface area contributed by atoms with Crippen molar-refractivity contribution in [3.63, 3.8) is 0 Å². The molecule has 2 nitrogen and oxygen atoms in total. The Morgan fingerprint density at radius 2 is 1.13 bits per heavy atom. The van der Waals surface area contributed by atoms with Gasteiger partial charge in [-0.05, 0) is 64.9 Å². The highest BCUT2D eigenvalue weighted by Crippen LogP contribution is 2.35. The number of imidazole rings is 1. The van der Waals surface area contributed by atoms with Crippen molar-refractivity contribution in [1.82, 2.24) is 9.55 Å². The maximum absolute atomic E-state index is 6.12. The van der Waals surface area contributed by atoms with Gasteiger partial charge in [-0.2, -0.15) is 0 Å². The second-order valence-corrected chi connectivity index (χ2v) is 13.6. The van der Waals surface area contributed by atoms with Crippen LogP contribution >= 0.6 is 0 Å². The van der Waals surface area contributed by atoms with Crippen molar-refractivity contribution >= 4 is 22.6 Å². The molecule has 0 saturated carbocycles. The molecule has 0 aliphatic heterocycles. The molecule has 6 aromatic rings. The van der Waals surface area contributed by atoms with E-state index in [1.807, 2.05) is 48.9 Å². The molecule has 6 rings (SSSR count). The molecule has 4 heteroatoms. The first-order chi connectivity index (χ1) is 23.1. The van der Waals surface area contributed by atoms with E-state index in [0.717, 1.165) is 24.0 Å². The normalized spacial score (nSPS) is 11.2. The van der Waals surface area contributed by atoms with Crippen molar-refractivity contribution in [2.24, 2.45) is 0 Å². The molecule has 0 bridgehead atoms. The molecule has 234 valence electrons. The lowest BCUT2D eigenvalue weighted by Gasteiger charge is -2.37. The molecular formula is C43H45BN2Si. The first-order valence-corrected chi connectivity index (χ1v) is 18.0. The lowest BCUT2D eigenvalue weighted by atomic mass is 9.76. The van der Waals surface area contributed by atoms with E-state index in [1.165, 1.54) is 53.1 Å². The molecule has 1 aromatic heterocycles. The van der Waals surface area contributed by atoms with Gasteiger partial charge < -0.3 is 4.57 Å². The minimum Gasteiger partial charge on any atom is -0.326 e. The highest BCUT2D eigenvalue weighted by atomic mass is 28.2. The van der Waals surface area contributed by atoms with Crippen LogP contribution in [-0.4, -0.2) is 26.9 Å². The summed E-state index contributed by atoms with van der Waals surface area (Å²) in [5, 5.41) is 1.02. The molecule has 5 aromatic carbocycles. The Morgan fingerprint density at radius 1 is 0.638 bits per heavy atom. The second kappa shape index (κ2) is 17.5. The average molecular weight is 629 g/mol. The Labute approximate surface area is 286 Å². The van der Waals surface area contributed by atoms with Crippen LogP contribution in [0, 0.1) is 0 Å². The maximum atomic E-state index is 6.12. The van der Waals surface area contributed by atoms with E-state index < -0.39 is 0 Å². The number of hydrogen-bond acceptors (Lipinski definition) is 1. The SMILES string of the molecule is CCCCc1cccc(C([Si]c2ccccc2)(c2cccc(CCCC)c2)n2ccnc2)c1.[B]C(c1ccccc1)c1ccccc1. The fourth-order valence-corrected chi connectivity index (χ4v) is 7.68. The van der Waals surface area contributed by atoms with E-state index >= 15 is 0 Å². The maximum Gasteiger partial charge on any atom is 0.127 e. The molecule has 47 heavy (non-hydrogen) atoms. The lowest BCUT2D eigenvalue weighted by Crippen LogP contribution is -2.46. The average Bonchev–Trinajstić information content (AvgIpc) is 3.69. The molecule has 0 saturated heterocycles. The zero-order valence-corrected chi connectivity index (χ0v) is 28.8. The van der Waals surface area contributed by atoms with E-state index in [9.17, 15) is 0 Å². The number of hydrogen-bond donors (Lipinski definition) is 0. The Hall–Kier alpha value is -4.41. The molecule has 0 unspecified atom stereocenters. The molecule has 1 heterocycles. The van der Waals surface area contributed by atoms with Crippen molar-refractivity contribution in [2.75, 3.05) is 0 Å². The van der Waals surface area contributed by atoms with E-state index in [0.29, 0.717) is 9.52 Å². The Balaban J connectivity index is 0.000000257. The molecule has 0 atom stereocenters. The third-order valence-electron chi connectivity index (χ3n) is 8.64. The van der Waals surface area contributed by atoms with Crippen molar-refractivity contribution in [3.05, 3.63) is 192 Å². The van der Waals surface area contributed by atoms with Gasteiger partial charge in [0.15, 0.2) is 0 Å². The second-order valence-electron chi connectivity index (χ2n) is 12.1. The van der Waals surface area contributed by atoms with Crippen LogP contribution in [0.1, 0.15) is 78.7 Å². The van der Waals surface area contributed by atoms with Crippen molar-refractivity contribution in [3.8, 4) is 0 Å². The summed E-state index contributed by atoms with van der Waals surface area (Å²) in [5.74, 6) is -0.0163. The molecule has 0 amide bonds. The van der Waals surface area contributed by atoms with Crippen molar-refractivity contribution in [2.45, 2.75) is 63.4 Å². The zero-order valence-electron chi connectivity index (χ0n) is 27.8. The van der Waals surface area contributed by atoms with Gasteiger partial charge in [0.2, 0.25) is 0 Å². The summed E-state index contributed by atoms with van der Waals surface area (Å²) in [6.45, 7) is 4.52. The van der Waals surface area contributed by atoms with Crippen LogP contribution in [0.5, 0.6) is 0 Å². The first kappa shape index (κ1) is 33.9. The monoisotopic (exact) mass is 628 g/mol. The Kier molecular flexibility index (Phi) is 12.6. The van der Waals surface area contributed by atoms with Gasteiger partial charge in [-0.15, -0.1) is 0 Å². The van der Waals surface area contributed by atoms with Gasteiger partial charge in [0, 0.05) is 12.4 Å². The zero-order chi connectivity index (χ0) is 32.7. The fourth-order valence-electron chi connectivity index (χ4n) is 6.04. The van der Waals surface area contributed by atoms with Crippen LogP contribution in [0.4, 0.5) is 0 Å². The quantitative estimate of drug-likeness (QED) is 0.117. The minimum atomic E-state index is -0.331. The molecule has 0 fully saturated rings. The molecular weight excluding hydrogens is 583 g/mol. The van der Waals surface area contributed by atoms with Crippen LogP contribution in [0.2, 0.25) is 0 Å². The number of rotatable bonds is 13. The van der Waals surface area contributed by atoms with Gasteiger partial charge in [-0.3, -0.25) is 0 Å². The number of unbranched alkanes of at least 4 members (excludes halogenated alkanes) is 2. The van der Waals surface area contributed by atoms with Gasteiger partial charge in [0.05, 0.1) is 19.3 Å². The number of aryl methyl sites for hydroxylation is 2. The summed E-state index contributed by atoms with van der Waals surface area (Å²) in [5.41, 5.74) is 7.81. The summed E-state index contributed by atoms with van der Waals surface area (Å²) in [4.78, 5) is 4.49. The van der Waals surface area contributed by atoms with Crippen molar-refractivity contribution in [1.29, 1.82) is 0 Å². The van der Waals surface area contributed by atoms with Crippen LogP contribution in [0.3, 0.4) is 0 Å². The third-order valence-corrected chi connectivity index (χ3v) is 10.5. The Bertz CT molecular complexity index is 1650. The summed E-state index contributed by atoms with van der Waals surface area (Å²) in [7, 11) is 6.65. The summed E-state index contributed by atoms with van der Waals surface area (Å²) < 4.78 is 2.33. The highest BCUT2D eigenvalue weighted by molar-refractivity contribution is 6.57. The van der Waals surface area contributed by atoms with E-state index in [-0.39, 0.29) is 11.0 Å². The largest absolute Gasteiger partial charge is 0.326 e. The summed E-state index contributed by atoms with van der Waals surface area (Å²) in [6, 6.07) is 49.7. The van der Waals surface area contributed by atoms with Crippen molar-refractivity contribution < 1.29 is 0 Å². The standard InChI is InChI=1S/C30H34N2Si.C13H11B/c1-3-5-12-25-14-10-16-27(22-25)30(32-21-20-31-24-32,33-29-18-8-7-9-19-29)28-17-11-15-26(23-28)13-6-4-2;14-13(11-7-3-1-4-8-11)12-9-5-2-6-10-12/h7-11,14-24H,3-6,12-13H2,1-2H3;1-10,13H.